The highest BCUT2D eigenvalue weighted by Gasteiger charge is 2.25. The number of para-hydroxylation sites is 2. The van der Waals surface area contributed by atoms with Crippen LogP contribution >= 0.6 is 0 Å². The van der Waals surface area contributed by atoms with Gasteiger partial charge in [-0.1, -0.05) is 18.6 Å². The van der Waals surface area contributed by atoms with Crippen molar-refractivity contribution in [2.24, 2.45) is 0 Å². The molecule has 1 aromatic carbocycles. The minimum atomic E-state index is -0.211. The smallest absolute Gasteiger partial charge is 0.271 e. The Bertz CT molecular complexity index is 872. The largest absolute Gasteiger partial charge is 0.468 e. The zero-order valence-electron chi connectivity index (χ0n) is 14.6. The second-order valence-electron chi connectivity index (χ2n) is 6.58. The Labute approximate surface area is 152 Å². The molecule has 0 bridgehead atoms. The Hall–Kier alpha value is -2.73. The number of likely N-dealkylation sites (tertiary alicyclic amines) is 1. The van der Waals surface area contributed by atoms with Gasteiger partial charge in [0, 0.05) is 6.54 Å². The maximum atomic E-state index is 12.6. The summed E-state index contributed by atoms with van der Waals surface area (Å²) in [6.07, 6.45) is 6.84. The molecule has 1 unspecified atom stereocenters. The molecule has 1 saturated heterocycles. The van der Waals surface area contributed by atoms with Crippen LogP contribution < -0.4 is 5.32 Å². The molecule has 1 fully saturated rings. The van der Waals surface area contributed by atoms with Crippen molar-refractivity contribution in [3.05, 3.63) is 60.3 Å². The van der Waals surface area contributed by atoms with Crippen molar-refractivity contribution in [3.8, 4) is 0 Å². The molecule has 0 spiro atoms. The standard InChI is InChI=1S/C20H22N4O2/c25-20(17-13-21-15-7-2-3-8-16(15)23-17)22-14-18(19-9-6-12-26-19)24-10-4-1-5-11-24/h2-3,6-9,12-13,18H,1,4-5,10-11,14H2,(H,22,25). The van der Waals surface area contributed by atoms with E-state index in [1.807, 2.05) is 36.4 Å². The summed E-state index contributed by atoms with van der Waals surface area (Å²) in [5.74, 6) is 0.675. The van der Waals surface area contributed by atoms with E-state index in [0.717, 1.165) is 29.9 Å². The molecule has 0 radical (unpaired) electrons. The molecule has 2 aromatic heterocycles. The quantitative estimate of drug-likeness (QED) is 0.765. The Morgan fingerprint density at radius 1 is 1.12 bits per heavy atom. The number of aromatic nitrogens is 2. The molecular weight excluding hydrogens is 328 g/mol. The Kier molecular flexibility index (Phi) is 4.93. The minimum Gasteiger partial charge on any atom is -0.468 e. The summed E-state index contributed by atoms with van der Waals surface area (Å²) in [5.41, 5.74) is 1.84. The lowest BCUT2D eigenvalue weighted by atomic mass is 10.1. The van der Waals surface area contributed by atoms with Gasteiger partial charge in [0.25, 0.3) is 5.91 Å². The number of rotatable bonds is 5. The van der Waals surface area contributed by atoms with Gasteiger partial charge in [-0.05, 0) is 50.2 Å². The van der Waals surface area contributed by atoms with Gasteiger partial charge in [0.1, 0.15) is 11.5 Å². The van der Waals surface area contributed by atoms with Crippen LogP contribution in [0.3, 0.4) is 0 Å². The molecule has 4 rings (SSSR count). The van der Waals surface area contributed by atoms with Gasteiger partial charge >= 0.3 is 0 Å². The Morgan fingerprint density at radius 2 is 1.92 bits per heavy atom. The first-order valence-corrected chi connectivity index (χ1v) is 9.09. The summed E-state index contributed by atoms with van der Waals surface area (Å²) >= 11 is 0. The van der Waals surface area contributed by atoms with Gasteiger partial charge in [-0.25, -0.2) is 4.98 Å². The molecule has 6 heteroatoms. The van der Waals surface area contributed by atoms with Gasteiger partial charge in [-0.15, -0.1) is 0 Å². The molecule has 0 aliphatic carbocycles. The van der Waals surface area contributed by atoms with Crippen molar-refractivity contribution < 1.29 is 9.21 Å². The van der Waals surface area contributed by atoms with Gasteiger partial charge in [0.15, 0.2) is 0 Å². The van der Waals surface area contributed by atoms with E-state index in [1.54, 1.807) is 6.26 Å². The number of hydrogen-bond acceptors (Lipinski definition) is 5. The van der Waals surface area contributed by atoms with Gasteiger partial charge in [-0.2, -0.15) is 0 Å². The highest BCUT2D eigenvalue weighted by atomic mass is 16.3. The first-order valence-electron chi connectivity index (χ1n) is 9.09. The molecule has 1 atom stereocenters. The van der Waals surface area contributed by atoms with Crippen molar-refractivity contribution in [2.75, 3.05) is 19.6 Å². The van der Waals surface area contributed by atoms with Gasteiger partial charge in [-0.3, -0.25) is 14.7 Å². The molecule has 1 N–H and O–H groups in total. The molecule has 26 heavy (non-hydrogen) atoms. The normalized spacial score (nSPS) is 16.5. The van der Waals surface area contributed by atoms with E-state index in [9.17, 15) is 4.79 Å². The fourth-order valence-electron chi connectivity index (χ4n) is 3.47. The Balaban J connectivity index is 1.48. The number of furan rings is 1. The van der Waals surface area contributed by atoms with E-state index in [0.29, 0.717) is 12.2 Å². The average molecular weight is 350 g/mol. The fourth-order valence-corrected chi connectivity index (χ4v) is 3.47. The van der Waals surface area contributed by atoms with Crippen molar-refractivity contribution in [1.29, 1.82) is 0 Å². The van der Waals surface area contributed by atoms with E-state index in [1.165, 1.54) is 25.5 Å². The van der Waals surface area contributed by atoms with Crippen molar-refractivity contribution in [2.45, 2.75) is 25.3 Å². The van der Waals surface area contributed by atoms with Crippen LogP contribution in [0.25, 0.3) is 11.0 Å². The summed E-state index contributed by atoms with van der Waals surface area (Å²) in [5, 5.41) is 3.01. The molecule has 1 amide bonds. The summed E-state index contributed by atoms with van der Waals surface area (Å²) < 4.78 is 5.62. The maximum Gasteiger partial charge on any atom is 0.271 e. The number of fused-ring (bicyclic) bond motifs is 1. The lowest BCUT2D eigenvalue weighted by molar-refractivity contribution is 0.0909. The summed E-state index contributed by atoms with van der Waals surface area (Å²) in [4.78, 5) is 23.7. The second-order valence-corrected chi connectivity index (χ2v) is 6.58. The first kappa shape index (κ1) is 16.7. The summed E-state index contributed by atoms with van der Waals surface area (Å²) in [6, 6.07) is 11.4. The number of hydrogen-bond donors (Lipinski definition) is 1. The number of carbonyl (C=O) groups excluding carboxylic acids is 1. The SMILES string of the molecule is O=C(NCC(c1ccco1)N1CCCCC1)c1cnc2ccccc2n1. The van der Waals surface area contributed by atoms with Crippen molar-refractivity contribution in [3.63, 3.8) is 0 Å². The molecule has 0 saturated carbocycles. The Morgan fingerprint density at radius 3 is 2.69 bits per heavy atom. The lowest BCUT2D eigenvalue weighted by Gasteiger charge is -2.33. The van der Waals surface area contributed by atoms with Crippen LogP contribution in [0.15, 0.2) is 53.3 Å². The summed E-state index contributed by atoms with van der Waals surface area (Å²) in [6.45, 7) is 2.54. The maximum absolute atomic E-state index is 12.6. The highest BCUT2D eigenvalue weighted by Crippen LogP contribution is 2.24. The van der Waals surface area contributed by atoms with E-state index in [-0.39, 0.29) is 11.9 Å². The zero-order valence-corrected chi connectivity index (χ0v) is 14.6. The van der Waals surface area contributed by atoms with Crippen LogP contribution in [0.5, 0.6) is 0 Å². The molecule has 6 nitrogen and oxygen atoms in total. The number of nitrogens with zero attached hydrogens (tertiary/aromatic N) is 3. The topological polar surface area (TPSA) is 71.3 Å². The van der Waals surface area contributed by atoms with Gasteiger partial charge in [0.05, 0.1) is 29.5 Å². The third-order valence-electron chi connectivity index (χ3n) is 4.84. The van der Waals surface area contributed by atoms with Gasteiger partial charge in [0.2, 0.25) is 0 Å². The second kappa shape index (κ2) is 7.66. The van der Waals surface area contributed by atoms with E-state index in [4.69, 9.17) is 4.42 Å². The number of piperidine rings is 1. The predicted molar refractivity (Wildman–Crippen MR) is 98.7 cm³/mol. The van der Waals surface area contributed by atoms with Gasteiger partial charge < -0.3 is 9.73 Å². The van der Waals surface area contributed by atoms with Crippen LogP contribution in [0.1, 0.15) is 41.6 Å². The number of amides is 1. The van der Waals surface area contributed by atoms with Crippen molar-refractivity contribution >= 4 is 16.9 Å². The number of carbonyl (C=O) groups is 1. The van der Waals surface area contributed by atoms with Crippen LogP contribution in [-0.2, 0) is 0 Å². The molecule has 3 heterocycles. The predicted octanol–water partition coefficient (Wildman–Crippen LogP) is 3.18. The van der Waals surface area contributed by atoms with E-state index >= 15 is 0 Å². The summed E-state index contributed by atoms with van der Waals surface area (Å²) in [7, 11) is 0. The molecule has 134 valence electrons. The first-order chi connectivity index (χ1) is 12.8. The van der Waals surface area contributed by atoms with Crippen LogP contribution in [0.2, 0.25) is 0 Å². The molecule has 3 aromatic rings. The fraction of sp³-hybridized carbons (Fsp3) is 0.350. The zero-order chi connectivity index (χ0) is 17.8. The minimum absolute atomic E-state index is 0.0441. The average Bonchev–Trinajstić information content (AvgIpc) is 3.23. The lowest BCUT2D eigenvalue weighted by Crippen LogP contribution is -2.40. The van der Waals surface area contributed by atoms with Crippen LogP contribution in [0, 0.1) is 0 Å². The molecular formula is C20H22N4O2. The van der Waals surface area contributed by atoms with Crippen molar-refractivity contribution in [1.82, 2.24) is 20.2 Å². The van der Waals surface area contributed by atoms with Crippen LogP contribution in [0.4, 0.5) is 0 Å². The monoisotopic (exact) mass is 350 g/mol. The molecule has 1 aliphatic heterocycles. The number of nitrogens with one attached hydrogen (secondary N) is 1. The van der Waals surface area contributed by atoms with E-state index in [2.05, 4.69) is 20.2 Å². The molecule has 1 aliphatic rings. The highest BCUT2D eigenvalue weighted by molar-refractivity contribution is 5.93. The van der Waals surface area contributed by atoms with Crippen LogP contribution in [-0.4, -0.2) is 40.4 Å². The number of benzene rings is 1. The third-order valence-corrected chi connectivity index (χ3v) is 4.84. The third kappa shape index (κ3) is 3.60. The van der Waals surface area contributed by atoms with E-state index < -0.39 is 0 Å².